The Morgan fingerprint density at radius 1 is 1.48 bits per heavy atom. The predicted octanol–water partition coefficient (Wildman–Crippen LogP) is 3.50. The van der Waals surface area contributed by atoms with Crippen LogP contribution in [0.15, 0.2) is 18.2 Å². The maximum atomic E-state index is 12.7. The molecule has 0 aromatic heterocycles. The van der Waals surface area contributed by atoms with Gasteiger partial charge in [-0.3, -0.25) is 4.79 Å². The molecule has 3 nitrogen and oxygen atoms in total. The standard InChI is InChI=1S/C17H25ClN2O/c1-12(2)19-10-14-6-5-9-20(11-14)17(21)15-7-4-8-16(18)13(15)3/h4,7-8,12,14,19H,5-6,9-11H2,1-3H3. The van der Waals surface area contributed by atoms with Crippen molar-refractivity contribution < 1.29 is 4.79 Å². The van der Waals surface area contributed by atoms with Gasteiger partial charge in [-0.25, -0.2) is 0 Å². The molecule has 0 aliphatic carbocycles. The Hall–Kier alpha value is -1.06. The van der Waals surface area contributed by atoms with E-state index in [1.165, 1.54) is 6.42 Å². The molecule has 1 aliphatic heterocycles. The Kier molecular flexibility index (Phi) is 5.65. The molecule has 1 aliphatic rings. The molecular formula is C17H25ClN2O. The first kappa shape index (κ1) is 16.3. The molecule has 1 atom stereocenters. The maximum Gasteiger partial charge on any atom is 0.254 e. The van der Waals surface area contributed by atoms with Gasteiger partial charge in [0.2, 0.25) is 0 Å². The number of nitrogens with zero attached hydrogens (tertiary/aromatic N) is 1. The molecule has 21 heavy (non-hydrogen) atoms. The summed E-state index contributed by atoms with van der Waals surface area (Å²) in [6.45, 7) is 8.89. The van der Waals surface area contributed by atoms with E-state index in [2.05, 4.69) is 19.2 Å². The number of carbonyl (C=O) groups excluding carboxylic acids is 1. The summed E-state index contributed by atoms with van der Waals surface area (Å²) in [6, 6.07) is 6.05. The highest BCUT2D eigenvalue weighted by Crippen LogP contribution is 2.23. The Labute approximate surface area is 132 Å². The minimum Gasteiger partial charge on any atom is -0.338 e. The topological polar surface area (TPSA) is 32.3 Å². The Morgan fingerprint density at radius 3 is 2.95 bits per heavy atom. The molecule has 0 radical (unpaired) electrons. The average Bonchev–Trinajstić information content (AvgIpc) is 2.47. The Balaban J connectivity index is 2.03. The molecule has 1 saturated heterocycles. The summed E-state index contributed by atoms with van der Waals surface area (Å²) in [6.07, 6.45) is 2.27. The largest absolute Gasteiger partial charge is 0.338 e. The van der Waals surface area contributed by atoms with E-state index >= 15 is 0 Å². The normalized spacial score (nSPS) is 19.1. The van der Waals surface area contributed by atoms with E-state index in [1.54, 1.807) is 0 Å². The molecule has 0 saturated carbocycles. The van der Waals surface area contributed by atoms with Crippen LogP contribution in [0.1, 0.15) is 42.6 Å². The first-order valence-electron chi connectivity index (χ1n) is 7.76. The monoisotopic (exact) mass is 308 g/mol. The van der Waals surface area contributed by atoms with Crippen molar-refractivity contribution in [2.75, 3.05) is 19.6 Å². The Bertz CT molecular complexity index is 502. The molecule has 116 valence electrons. The fourth-order valence-electron chi connectivity index (χ4n) is 2.83. The van der Waals surface area contributed by atoms with Gasteiger partial charge in [-0.1, -0.05) is 31.5 Å². The molecular weight excluding hydrogens is 284 g/mol. The van der Waals surface area contributed by atoms with Crippen LogP contribution in [0, 0.1) is 12.8 Å². The highest BCUT2D eigenvalue weighted by Gasteiger charge is 2.25. The van der Waals surface area contributed by atoms with Gasteiger partial charge in [0.25, 0.3) is 5.91 Å². The van der Waals surface area contributed by atoms with E-state index in [1.807, 2.05) is 30.0 Å². The number of amides is 1. The van der Waals surface area contributed by atoms with Crippen molar-refractivity contribution in [2.24, 2.45) is 5.92 Å². The highest BCUT2D eigenvalue weighted by molar-refractivity contribution is 6.31. The summed E-state index contributed by atoms with van der Waals surface area (Å²) >= 11 is 6.13. The summed E-state index contributed by atoms with van der Waals surface area (Å²) in [5.41, 5.74) is 1.62. The molecule has 1 unspecified atom stereocenters. The summed E-state index contributed by atoms with van der Waals surface area (Å²) in [4.78, 5) is 14.7. The lowest BCUT2D eigenvalue weighted by atomic mass is 9.96. The van der Waals surface area contributed by atoms with Crippen LogP contribution in [0.5, 0.6) is 0 Å². The molecule has 2 rings (SSSR count). The van der Waals surface area contributed by atoms with Crippen LogP contribution in [-0.4, -0.2) is 36.5 Å². The number of benzene rings is 1. The van der Waals surface area contributed by atoms with Crippen molar-refractivity contribution in [3.63, 3.8) is 0 Å². The van der Waals surface area contributed by atoms with Crippen molar-refractivity contribution in [1.82, 2.24) is 10.2 Å². The molecule has 1 fully saturated rings. The number of nitrogens with one attached hydrogen (secondary N) is 1. The zero-order valence-corrected chi connectivity index (χ0v) is 13.9. The molecule has 1 aromatic rings. The average molecular weight is 309 g/mol. The molecule has 1 heterocycles. The van der Waals surface area contributed by atoms with Crippen molar-refractivity contribution in [3.8, 4) is 0 Å². The van der Waals surface area contributed by atoms with Gasteiger partial charge in [0, 0.05) is 29.7 Å². The van der Waals surface area contributed by atoms with Crippen LogP contribution in [0.4, 0.5) is 0 Å². The van der Waals surface area contributed by atoms with E-state index < -0.39 is 0 Å². The van der Waals surface area contributed by atoms with E-state index in [0.29, 0.717) is 17.0 Å². The molecule has 1 amide bonds. The zero-order valence-electron chi connectivity index (χ0n) is 13.2. The van der Waals surface area contributed by atoms with Gasteiger partial charge in [-0.2, -0.15) is 0 Å². The van der Waals surface area contributed by atoms with Crippen molar-refractivity contribution >= 4 is 17.5 Å². The minimum absolute atomic E-state index is 0.115. The van der Waals surface area contributed by atoms with Crippen molar-refractivity contribution in [3.05, 3.63) is 34.3 Å². The third-order valence-electron chi connectivity index (χ3n) is 4.12. The smallest absolute Gasteiger partial charge is 0.254 e. The Morgan fingerprint density at radius 2 is 2.24 bits per heavy atom. The molecule has 1 aromatic carbocycles. The number of hydrogen-bond donors (Lipinski definition) is 1. The minimum atomic E-state index is 0.115. The van der Waals surface area contributed by atoms with Gasteiger partial charge in [0.15, 0.2) is 0 Å². The third-order valence-corrected chi connectivity index (χ3v) is 4.53. The molecule has 4 heteroatoms. The lowest BCUT2D eigenvalue weighted by molar-refractivity contribution is 0.0671. The van der Waals surface area contributed by atoms with Crippen LogP contribution in [-0.2, 0) is 0 Å². The van der Waals surface area contributed by atoms with Gasteiger partial charge in [0.05, 0.1) is 0 Å². The molecule has 1 N–H and O–H groups in total. The summed E-state index contributed by atoms with van der Waals surface area (Å²) in [5, 5.41) is 4.14. The van der Waals surface area contributed by atoms with Crippen LogP contribution >= 0.6 is 11.6 Å². The van der Waals surface area contributed by atoms with Gasteiger partial charge in [-0.05, 0) is 49.9 Å². The third kappa shape index (κ3) is 4.21. The van der Waals surface area contributed by atoms with E-state index in [0.717, 1.165) is 37.2 Å². The van der Waals surface area contributed by atoms with Crippen LogP contribution in [0.25, 0.3) is 0 Å². The second-order valence-corrected chi connectivity index (χ2v) is 6.64. The maximum absolute atomic E-state index is 12.7. The number of halogens is 1. The lowest BCUT2D eigenvalue weighted by Crippen LogP contribution is -2.43. The first-order chi connectivity index (χ1) is 9.99. The summed E-state index contributed by atoms with van der Waals surface area (Å²) < 4.78 is 0. The van der Waals surface area contributed by atoms with Gasteiger partial charge in [0.1, 0.15) is 0 Å². The SMILES string of the molecule is Cc1c(Cl)cccc1C(=O)N1CCCC(CNC(C)C)C1. The first-order valence-corrected chi connectivity index (χ1v) is 8.14. The highest BCUT2D eigenvalue weighted by atomic mass is 35.5. The number of likely N-dealkylation sites (tertiary alicyclic amines) is 1. The zero-order chi connectivity index (χ0) is 15.4. The predicted molar refractivity (Wildman–Crippen MR) is 88.0 cm³/mol. The lowest BCUT2D eigenvalue weighted by Gasteiger charge is -2.33. The van der Waals surface area contributed by atoms with Crippen LogP contribution < -0.4 is 5.32 Å². The number of hydrogen-bond acceptors (Lipinski definition) is 2. The number of carbonyl (C=O) groups is 1. The van der Waals surface area contributed by atoms with Crippen LogP contribution in [0.3, 0.4) is 0 Å². The van der Waals surface area contributed by atoms with Crippen molar-refractivity contribution in [2.45, 2.75) is 39.7 Å². The quantitative estimate of drug-likeness (QED) is 0.923. The van der Waals surface area contributed by atoms with E-state index in [-0.39, 0.29) is 5.91 Å². The second kappa shape index (κ2) is 7.28. The van der Waals surface area contributed by atoms with Gasteiger partial charge in [-0.15, -0.1) is 0 Å². The number of piperidine rings is 1. The fourth-order valence-corrected chi connectivity index (χ4v) is 3.00. The van der Waals surface area contributed by atoms with Gasteiger partial charge < -0.3 is 10.2 Å². The summed E-state index contributed by atoms with van der Waals surface area (Å²) in [7, 11) is 0. The summed E-state index contributed by atoms with van der Waals surface area (Å²) in [5.74, 6) is 0.661. The molecule has 0 bridgehead atoms. The second-order valence-electron chi connectivity index (χ2n) is 6.23. The van der Waals surface area contributed by atoms with E-state index in [4.69, 9.17) is 11.6 Å². The van der Waals surface area contributed by atoms with Gasteiger partial charge >= 0.3 is 0 Å². The van der Waals surface area contributed by atoms with E-state index in [9.17, 15) is 4.79 Å². The molecule has 0 spiro atoms. The van der Waals surface area contributed by atoms with Crippen molar-refractivity contribution in [1.29, 1.82) is 0 Å². The fraction of sp³-hybridized carbons (Fsp3) is 0.588. The van der Waals surface area contributed by atoms with Crippen LogP contribution in [0.2, 0.25) is 5.02 Å². The number of rotatable bonds is 4.